The first-order chi connectivity index (χ1) is 10.9. The van der Waals surface area contributed by atoms with Gasteiger partial charge in [-0.05, 0) is 24.5 Å². The van der Waals surface area contributed by atoms with E-state index in [0.29, 0.717) is 12.5 Å². The fourth-order valence-corrected chi connectivity index (χ4v) is 2.39. The summed E-state index contributed by atoms with van der Waals surface area (Å²) in [5, 5.41) is 4.60. The Labute approximate surface area is 129 Å². The molecule has 0 bridgehead atoms. The van der Waals surface area contributed by atoms with Crippen molar-refractivity contribution in [2.75, 3.05) is 18.5 Å². The van der Waals surface area contributed by atoms with Crippen LogP contribution >= 0.6 is 0 Å². The van der Waals surface area contributed by atoms with Gasteiger partial charge in [0.2, 0.25) is 5.88 Å². The number of aromatic amines is 1. The molecule has 0 aliphatic heterocycles. The van der Waals surface area contributed by atoms with Gasteiger partial charge < -0.3 is 15.0 Å². The molecule has 0 fully saturated rings. The van der Waals surface area contributed by atoms with E-state index in [9.17, 15) is 0 Å². The molecule has 0 spiro atoms. The number of anilines is 1. The molecular formula is C17H20N4O. The first-order valence-electron chi connectivity index (χ1n) is 7.60. The molecule has 114 valence electrons. The molecule has 0 radical (unpaired) electrons. The Morgan fingerprint density at radius 1 is 1.23 bits per heavy atom. The predicted molar refractivity (Wildman–Crippen MR) is 88.3 cm³/mol. The van der Waals surface area contributed by atoms with E-state index in [1.807, 2.05) is 12.1 Å². The summed E-state index contributed by atoms with van der Waals surface area (Å²) in [6.45, 7) is 3.55. The maximum absolute atomic E-state index is 5.51. The Bertz CT molecular complexity index is 738. The Morgan fingerprint density at radius 2 is 2.14 bits per heavy atom. The highest BCUT2D eigenvalue weighted by molar-refractivity contribution is 5.83. The number of nitrogens with zero attached hydrogens (tertiary/aromatic N) is 2. The topological polar surface area (TPSA) is 62.8 Å². The second-order valence-electron chi connectivity index (χ2n) is 5.13. The number of hydrogen-bond acceptors (Lipinski definition) is 4. The summed E-state index contributed by atoms with van der Waals surface area (Å²) >= 11 is 0. The fourth-order valence-electron chi connectivity index (χ4n) is 2.39. The van der Waals surface area contributed by atoms with E-state index in [2.05, 4.69) is 51.6 Å². The zero-order chi connectivity index (χ0) is 15.2. The van der Waals surface area contributed by atoms with E-state index < -0.39 is 0 Å². The van der Waals surface area contributed by atoms with Crippen LogP contribution in [-0.2, 0) is 6.42 Å². The molecule has 2 N–H and O–H groups in total. The zero-order valence-electron chi connectivity index (χ0n) is 12.7. The normalized spacial score (nSPS) is 10.8. The minimum Gasteiger partial charge on any atom is -0.478 e. The van der Waals surface area contributed by atoms with Crippen molar-refractivity contribution in [3.63, 3.8) is 0 Å². The van der Waals surface area contributed by atoms with Gasteiger partial charge in [-0.25, -0.2) is 9.97 Å². The van der Waals surface area contributed by atoms with Gasteiger partial charge in [0.1, 0.15) is 12.1 Å². The van der Waals surface area contributed by atoms with Crippen LogP contribution in [0.15, 0.2) is 42.9 Å². The SMILES string of the molecule is CCCOc1cc(NCCc2c[nH]c3ccccc23)ncn1. The Balaban J connectivity index is 1.59. The summed E-state index contributed by atoms with van der Waals surface area (Å²) < 4.78 is 5.51. The standard InChI is InChI=1S/C17H20N4O/c1-2-9-22-17-10-16(20-12-21-17)18-8-7-13-11-19-15-6-4-3-5-14(13)15/h3-6,10-12,19H,2,7-9H2,1H3,(H,18,20,21). The Kier molecular flexibility index (Phi) is 4.53. The average molecular weight is 296 g/mol. The number of fused-ring (bicyclic) bond motifs is 1. The molecular weight excluding hydrogens is 276 g/mol. The van der Waals surface area contributed by atoms with Crippen molar-refractivity contribution in [3.05, 3.63) is 48.4 Å². The molecule has 2 heterocycles. The monoisotopic (exact) mass is 296 g/mol. The van der Waals surface area contributed by atoms with Gasteiger partial charge in [0, 0.05) is 29.7 Å². The van der Waals surface area contributed by atoms with Crippen molar-refractivity contribution >= 4 is 16.7 Å². The van der Waals surface area contributed by atoms with Gasteiger partial charge >= 0.3 is 0 Å². The van der Waals surface area contributed by atoms with E-state index in [-0.39, 0.29) is 0 Å². The number of rotatable bonds is 7. The Hall–Kier alpha value is -2.56. The van der Waals surface area contributed by atoms with E-state index in [1.54, 1.807) is 0 Å². The highest BCUT2D eigenvalue weighted by Gasteiger charge is 2.03. The number of nitrogens with one attached hydrogen (secondary N) is 2. The molecule has 2 aromatic heterocycles. The van der Waals surface area contributed by atoms with Crippen LogP contribution in [0.4, 0.5) is 5.82 Å². The lowest BCUT2D eigenvalue weighted by Gasteiger charge is -2.07. The first-order valence-corrected chi connectivity index (χ1v) is 7.60. The third-order valence-electron chi connectivity index (χ3n) is 3.47. The molecule has 0 atom stereocenters. The molecule has 0 unspecified atom stereocenters. The molecule has 3 aromatic rings. The van der Waals surface area contributed by atoms with Crippen LogP contribution in [-0.4, -0.2) is 28.1 Å². The second-order valence-corrected chi connectivity index (χ2v) is 5.13. The minimum absolute atomic E-state index is 0.617. The molecule has 22 heavy (non-hydrogen) atoms. The van der Waals surface area contributed by atoms with Crippen molar-refractivity contribution in [2.24, 2.45) is 0 Å². The lowest BCUT2D eigenvalue weighted by Crippen LogP contribution is -2.07. The van der Waals surface area contributed by atoms with Gasteiger partial charge in [-0.2, -0.15) is 0 Å². The Morgan fingerprint density at radius 3 is 3.05 bits per heavy atom. The highest BCUT2D eigenvalue weighted by Crippen LogP contribution is 2.18. The molecule has 5 nitrogen and oxygen atoms in total. The van der Waals surface area contributed by atoms with Crippen LogP contribution in [0.2, 0.25) is 0 Å². The van der Waals surface area contributed by atoms with Crippen LogP contribution in [0.5, 0.6) is 5.88 Å². The number of benzene rings is 1. The third-order valence-corrected chi connectivity index (χ3v) is 3.47. The zero-order valence-corrected chi connectivity index (χ0v) is 12.7. The lowest BCUT2D eigenvalue weighted by molar-refractivity contribution is 0.305. The van der Waals surface area contributed by atoms with Crippen LogP contribution in [0.25, 0.3) is 10.9 Å². The number of hydrogen-bond donors (Lipinski definition) is 2. The summed E-state index contributed by atoms with van der Waals surface area (Å²) in [5.41, 5.74) is 2.48. The maximum atomic E-state index is 5.51. The number of para-hydroxylation sites is 1. The predicted octanol–water partition coefficient (Wildman–Crippen LogP) is 3.40. The van der Waals surface area contributed by atoms with E-state index in [4.69, 9.17) is 4.74 Å². The van der Waals surface area contributed by atoms with Crippen molar-refractivity contribution in [3.8, 4) is 5.88 Å². The van der Waals surface area contributed by atoms with Gasteiger partial charge in [0.25, 0.3) is 0 Å². The smallest absolute Gasteiger partial charge is 0.218 e. The average Bonchev–Trinajstić information content (AvgIpc) is 2.97. The van der Waals surface area contributed by atoms with E-state index in [1.165, 1.54) is 22.8 Å². The number of aromatic nitrogens is 3. The summed E-state index contributed by atoms with van der Waals surface area (Å²) in [6.07, 6.45) is 5.49. The van der Waals surface area contributed by atoms with E-state index in [0.717, 1.165) is 25.2 Å². The number of ether oxygens (including phenoxy) is 1. The van der Waals surface area contributed by atoms with Crippen molar-refractivity contribution < 1.29 is 4.74 Å². The fraction of sp³-hybridized carbons (Fsp3) is 0.294. The second kappa shape index (κ2) is 6.93. The largest absolute Gasteiger partial charge is 0.478 e. The molecule has 3 rings (SSSR count). The molecule has 0 aliphatic rings. The third kappa shape index (κ3) is 3.36. The van der Waals surface area contributed by atoms with Crippen LogP contribution in [0.3, 0.4) is 0 Å². The molecule has 0 saturated heterocycles. The number of H-pyrrole nitrogens is 1. The summed E-state index contributed by atoms with van der Waals surface area (Å²) in [4.78, 5) is 11.6. The van der Waals surface area contributed by atoms with Gasteiger partial charge in [-0.3, -0.25) is 0 Å². The molecule has 0 amide bonds. The highest BCUT2D eigenvalue weighted by atomic mass is 16.5. The van der Waals surface area contributed by atoms with E-state index >= 15 is 0 Å². The quantitative estimate of drug-likeness (QED) is 0.701. The molecule has 0 saturated carbocycles. The lowest BCUT2D eigenvalue weighted by atomic mass is 10.1. The van der Waals surface area contributed by atoms with Crippen LogP contribution < -0.4 is 10.1 Å². The van der Waals surface area contributed by atoms with Gasteiger partial charge in [-0.1, -0.05) is 25.1 Å². The van der Waals surface area contributed by atoms with Crippen molar-refractivity contribution in [1.29, 1.82) is 0 Å². The van der Waals surface area contributed by atoms with Crippen molar-refractivity contribution in [1.82, 2.24) is 15.0 Å². The van der Waals surface area contributed by atoms with Gasteiger partial charge in [0.15, 0.2) is 0 Å². The summed E-state index contributed by atoms with van der Waals surface area (Å²) in [6, 6.07) is 10.2. The van der Waals surface area contributed by atoms with Gasteiger partial charge in [-0.15, -0.1) is 0 Å². The minimum atomic E-state index is 0.617. The van der Waals surface area contributed by atoms with Crippen LogP contribution in [0, 0.1) is 0 Å². The summed E-state index contributed by atoms with van der Waals surface area (Å²) in [7, 11) is 0. The molecule has 0 aliphatic carbocycles. The summed E-state index contributed by atoms with van der Waals surface area (Å²) in [5.74, 6) is 1.41. The van der Waals surface area contributed by atoms with Crippen LogP contribution in [0.1, 0.15) is 18.9 Å². The molecule has 1 aromatic carbocycles. The van der Waals surface area contributed by atoms with Crippen molar-refractivity contribution in [2.45, 2.75) is 19.8 Å². The first kappa shape index (κ1) is 14.4. The maximum Gasteiger partial charge on any atom is 0.218 e. The van der Waals surface area contributed by atoms with Gasteiger partial charge in [0.05, 0.1) is 6.61 Å². The molecule has 5 heteroatoms.